The van der Waals surface area contributed by atoms with E-state index >= 15 is 0 Å². The molecule has 0 amide bonds. The summed E-state index contributed by atoms with van der Waals surface area (Å²) in [5.74, 6) is 0. The Bertz CT molecular complexity index is 743. The van der Waals surface area contributed by atoms with Gasteiger partial charge in [-0.1, -0.05) is 30.3 Å². The van der Waals surface area contributed by atoms with Gasteiger partial charge in [-0.3, -0.25) is 0 Å². The summed E-state index contributed by atoms with van der Waals surface area (Å²) in [5.41, 5.74) is 11.5. The number of hydrogen-bond acceptors (Lipinski definition) is 2. The lowest BCUT2D eigenvalue weighted by Gasteiger charge is -2.20. The van der Waals surface area contributed by atoms with Crippen LogP contribution in [0.1, 0.15) is 11.3 Å². The number of aryl methyl sites for hydroxylation is 1. The van der Waals surface area contributed by atoms with Crippen LogP contribution in [-0.2, 0) is 6.54 Å². The van der Waals surface area contributed by atoms with Crippen LogP contribution in [-0.4, -0.2) is 12.0 Å². The fraction of sp³-hybridized carbons (Fsp3) is 0.176. The Morgan fingerprint density at radius 3 is 2.70 bits per heavy atom. The van der Waals surface area contributed by atoms with Crippen molar-refractivity contribution in [2.45, 2.75) is 13.5 Å². The van der Waals surface area contributed by atoms with E-state index in [1.54, 1.807) is 0 Å². The molecule has 0 bridgehead atoms. The molecule has 1 aromatic heterocycles. The molecule has 0 aliphatic carbocycles. The van der Waals surface area contributed by atoms with E-state index in [0.717, 1.165) is 12.2 Å². The van der Waals surface area contributed by atoms with Crippen LogP contribution >= 0.6 is 0 Å². The van der Waals surface area contributed by atoms with Crippen molar-refractivity contribution in [3.8, 4) is 0 Å². The molecule has 0 saturated heterocycles. The van der Waals surface area contributed by atoms with E-state index in [1.165, 1.54) is 27.8 Å². The monoisotopic (exact) mass is 265 g/mol. The van der Waals surface area contributed by atoms with Crippen molar-refractivity contribution in [2.24, 2.45) is 0 Å². The first kappa shape index (κ1) is 12.6. The molecule has 2 aromatic carbocycles. The van der Waals surface area contributed by atoms with E-state index in [0.29, 0.717) is 0 Å². The fourth-order valence-electron chi connectivity index (χ4n) is 2.80. The zero-order chi connectivity index (χ0) is 14.1. The summed E-state index contributed by atoms with van der Waals surface area (Å²) in [4.78, 5) is 5.71. The van der Waals surface area contributed by atoms with Gasteiger partial charge in [0, 0.05) is 35.9 Å². The van der Waals surface area contributed by atoms with Crippen LogP contribution in [0, 0.1) is 6.92 Å². The molecule has 3 rings (SSSR count). The summed E-state index contributed by atoms with van der Waals surface area (Å²) < 4.78 is 0. The number of rotatable bonds is 3. The minimum atomic E-state index is 0.812. The summed E-state index contributed by atoms with van der Waals surface area (Å²) in [6.45, 7) is 2.96. The topological polar surface area (TPSA) is 45.0 Å². The number of nitrogens with two attached hydrogens (primary N) is 1. The zero-order valence-corrected chi connectivity index (χ0v) is 11.9. The van der Waals surface area contributed by atoms with Crippen molar-refractivity contribution in [3.63, 3.8) is 0 Å². The molecular formula is C17H19N3. The van der Waals surface area contributed by atoms with Gasteiger partial charge in [0.15, 0.2) is 0 Å². The van der Waals surface area contributed by atoms with Gasteiger partial charge in [-0.15, -0.1) is 0 Å². The van der Waals surface area contributed by atoms with Gasteiger partial charge in [0.25, 0.3) is 0 Å². The SMILES string of the molecule is Cc1[nH]c2ccccc2c1N(C)Cc1cccc(N)c1. The molecule has 0 atom stereocenters. The van der Waals surface area contributed by atoms with E-state index in [2.05, 4.69) is 54.2 Å². The molecule has 1 heterocycles. The third kappa shape index (κ3) is 2.23. The Balaban J connectivity index is 1.96. The highest BCUT2D eigenvalue weighted by atomic mass is 15.1. The van der Waals surface area contributed by atoms with Crippen LogP contribution in [0.25, 0.3) is 10.9 Å². The second-order valence-corrected chi connectivity index (χ2v) is 5.25. The number of anilines is 2. The standard InChI is InChI=1S/C17H19N3/c1-12-17(15-8-3-4-9-16(15)19-12)20(2)11-13-6-5-7-14(18)10-13/h3-10,19H,11,18H2,1-2H3. The average Bonchev–Trinajstić information content (AvgIpc) is 2.74. The Labute approximate surface area is 119 Å². The van der Waals surface area contributed by atoms with E-state index < -0.39 is 0 Å². The van der Waals surface area contributed by atoms with Crippen LogP contribution < -0.4 is 10.6 Å². The van der Waals surface area contributed by atoms with Crippen LogP contribution in [0.2, 0.25) is 0 Å². The molecule has 3 nitrogen and oxygen atoms in total. The summed E-state index contributed by atoms with van der Waals surface area (Å²) in [5, 5.41) is 1.26. The molecule has 0 radical (unpaired) electrons. The highest BCUT2D eigenvalue weighted by molar-refractivity contribution is 5.94. The summed E-state index contributed by atoms with van der Waals surface area (Å²) in [6, 6.07) is 16.5. The summed E-state index contributed by atoms with van der Waals surface area (Å²) in [6.07, 6.45) is 0. The molecule has 0 fully saturated rings. The molecule has 0 saturated carbocycles. The van der Waals surface area contributed by atoms with Crippen molar-refractivity contribution in [2.75, 3.05) is 17.7 Å². The zero-order valence-electron chi connectivity index (χ0n) is 11.9. The molecule has 20 heavy (non-hydrogen) atoms. The second-order valence-electron chi connectivity index (χ2n) is 5.25. The molecule has 0 aliphatic heterocycles. The van der Waals surface area contributed by atoms with Gasteiger partial charge in [0.2, 0.25) is 0 Å². The molecule has 3 heteroatoms. The van der Waals surface area contributed by atoms with Crippen molar-refractivity contribution in [1.82, 2.24) is 4.98 Å². The maximum absolute atomic E-state index is 5.85. The third-order valence-corrected chi connectivity index (χ3v) is 3.61. The van der Waals surface area contributed by atoms with E-state index in [1.807, 2.05) is 18.2 Å². The number of nitrogen functional groups attached to an aromatic ring is 1. The second kappa shape index (κ2) is 4.93. The normalized spacial score (nSPS) is 10.9. The predicted octanol–water partition coefficient (Wildman–Crippen LogP) is 3.69. The maximum atomic E-state index is 5.85. The largest absolute Gasteiger partial charge is 0.399 e. The van der Waals surface area contributed by atoms with Crippen LogP contribution in [0.3, 0.4) is 0 Å². The molecule has 0 aliphatic rings. The van der Waals surface area contributed by atoms with Crippen LogP contribution in [0.4, 0.5) is 11.4 Å². The lowest BCUT2D eigenvalue weighted by Crippen LogP contribution is -2.17. The van der Waals surface area contributed by atoms with Gasteiger partial charge in [-0.2, -0.15) is 0 Å². The lowest BCUT2D eigenvalue weighted by molar-refractivity contribution is 0.921. The summed E-state index contributed by atoms with van der Waals surface area (Å²) >= 11 is 0. The number of nitrogens with zero attached hydrogens (tertiary/aromatic N) is 1. The first-order chi connectivity index (χ1) is 9.65. The molecule has 3 N–H and O–H groups in total. The first-order valence-electron chi connectivity index (χ1n) is 6.78. The van der Waals surface area contributed by atoms with Gasteiger partial charge in [0.1, 0.15) is 0 Å². The number of nitrogens with one attached hydrogen (secondary N) is 1. The number of benzene rings is 2. The first-order valence-corrected chi connectivity index (χ1v) is 6.78. The van der Waals surface area contributed by atoms with E-state index in [-0.39, 0.29) is 0 Å². The minimum absolute atomic E-state index is 0.812. The number of fused-ring (bicyclic) bond motifs is 1. The van der Waals surface area contributed by atoms with Gasteiger partial charge >= 0.3 is 0 Å². The maximum Gasteiger partial charge on any atom is 0.0654 e. The Hall–Kier alpha value is -2.42. The van der Waals surface area contributed by atoms with Gasteiger partial charge in [-0.05, 0) is 30.7 Å². The number of aromatic nitrogens is 1. The third-order valence-electron chi connectivity index (χ3n) is 3.61. The van der Waals surface area contributed by atoms with Crippen molar-refractivity contribution in [3.05, 3.63) is 59.8 Å². The summed E-state index contributed by atoms with van der Waals surface area (Å²) in [7, 11) is 2.12. The van der Waals surface area contributed by atoms with Gasteiger partial charge < -0.3 is 15.6 Å². The number of aromatic amines is 1. The number of hydrogen-bond donors (Lipinski definition) is 2. The number of para-hydroxylation sites is 1. The van der Waals surface area contributed by atoms with Gasteiger partial charge in [0.05, 0.1) is 5.69 Å². The highest BCUT2D eigenvalue weighted by Crippen LogP contribution is 2.30. The highest BCUT2D eigenvalue weighted by Gasteiger charge is 2.12. The molecule has 0 spiro atoms. The Kier molecular flexibility index (Phi) is 3.11. The molecule has 102 valence electrons. The van der Waals surface area contributed by atoms with E-state index in [4.69, 9.17) is 5.73 Å². The van der Waals surface area contributed by atoms with Crippen LogP contribution in [0.15, 0.2) is 48.5 Å². The Morgan fingerprint density at radius 2 is 1.90 bits per heavy atom. The van der Waals surface area contributed by atoms with Crippen molar-refractivity contribution < 1.29 is 0 Å². The smallest absolute Gasteiger partial charge is 0.0654 e. The van der Waals surface area contributed by atoms with Crippen molar-refractivity contribution >= 4 is 22.3 Å². The van der Waals surface area contributed by atoms with Crippen molar-refractivity contribution in [1.29, 1.82) is 0 Å². The fourth-order valence-corrected chi connectivity index (χ4v) is 2.80. The molecule has 3 aromatic rings. The quantitative estimate of drug-likeness (QED) is 0.709. The molecular weight excluding hydrogens is 246 g/mol. The van der Waals surface area contributed by atoms with E-state index in [9.17, 15) is 0 Å². The average molecular weight is 265 g/mol. The lowest BCUT2D eigenvalue weighted by atomic mass is 10.1. The minimum Gasteiger partial charge on any atom is -0.399 e. The Morgan fingerprint density at radius 1 is 1.10 bits per heavy atom. The predicted molar refractivity (Wildman–Crippen MR) is 86.0 cm³/mol. The molecule has 0 unspecified atom stereocenters. The van der Waals surface area contributed by atoms with Crippen LogP contribution in [0.5, 0.6) is 0 Å². The van der Waals surface area contributed by atoms with Gasteiger partial charge in [-0.25, -0.2) is 0 Å². The number of H-pyrrole nitrogens is 1.